The van der Waals surface area contributed by atoms with Gasteiger partial charge in [-0.2, -0.15) is 5.10 Å². The Morgan fingerprint density at radius 1 is 0.969 bits per heavy atom. The van der Waals surface area contributed by atoms with E-state index in [1.165, 1.54) is 7.11 Å². The van der Waals surface area contributed by atoms with E-state index in [2.05, 4.69) is 20.7 Å². The smallest absolute Gasteiger partial charge is 0.365 e. The standard InChI is InChI=1S/C23H18ClN5O2S/c1-31-22(30)21(27-25-19-15-9-8-14-18(19)24)32-23-28-26-20(16-10-4-2-5-11-16)29(23)17-12-6-3-7-13-17/h2-15,25H,1H3/b27-21+. The van der Waals surface area contributed by atoms with Gasteiger partial charge in [-0.3, -0.25) is 9.99 Å². The van der Waals surface area contributed by atoms with E-state index >= 15 is 0 Å². The number of aromatic nitrogens is 3. The maximum absolute atomic E-state index is 12.4. The van der Waals surface area contributed by atoms with Crippen molar-refractivity contribution in [1.29, 1.82) is 0 Å². The minimum absolute atomic E-state index is 0.0524. The third-order valence-corrected chi connectivity index (χ3v) is 5.61. The number of carbonyl (C=O) groups is 1. The number of para-hydroxylation sites is 2. The van der Waals surface area contributed by atoms with E-state index < -0.39 is 5.97 Å². The summed E-state index contributed by atoms with van der Waals surface area (Å²) >= 11 is 7.22. The second-order valence-electron chi connectivity index (χ2n) is 6.45. The number of carbonyl (C=O) groups excluding carboxylic acids is 1. The van der Waals surface area contributed by atoms with Gasteiger partial charge in [0.15, 0.2) is 5.82 Å². The number of ether oxygens (including phenoxy) is 1. The van der Waals surface area contributed by atoms with Gasteiger partial charge in [0.05, 0.1) is 17.8 Å². The topological polar surface area (TPSA) is 81.4 Å². The van der Waals surface area contributed by atoms with Crippen molar-refractivity contribution >= 4 is 40.1 Å². The summed E-state index contributed by atoms with van der Waals surface area (Å²) in [5.41, 5.74) is 5.12. The summed E-state index contributed by atoms with van der Waals surface area (Å²) < 4.78 is 6.79. The molecule has 0 fully saturated rings. The fourth-order valence-corrected chi connectivity index (χ4v) is 3.84. The average molecular weight is 464 g/mol. The number of nitrogens with zero attached hydrogens (tertiary/aromatic N) is 4. The SMILES string of the molecule is COC(=O)/C(=N\Nc1ccccc1Cl)Sc1nnc(-c2ccccc2)n1-c1ccccc1. The van der Waals surface area contributed by atoms with Crippen molar-refractivity contribution in [1.82, 2.24) is 14.8 Å². The number of hydrogen-bond donors (Lipinski definition) is 1. The summed E-state index contributed by atoms with van der Waals surface area (Å²) in [4.78, 5) is 12.4. The Hall–Kier alpha value is -3.62. The number of benzene rings is 3. The largest absolute Gasteiger partial charge is 0.464 e. The van der Waals surface area contributed by atoms with Crippen LogP contribution in [0.5, 0.6) is 0 Å². The highest BCUT2D eigenvalue weighted by Crippen LogP contribution is 2.29. The molecule has 9 heteroatoms. The first-order valence-corrected chi connectivity index (χ1v) is 10.8. The van der Waals surface area contributed by atoms with Crippen LogP contribution in [0.1, 0.15) is 0 Å². The number of methoxy groups -OCH3 is 1. The first-order chi connectivity index (χ1) is 15.7. The minimum Gasteiger partial charge on any atom is -0.464 e. The Labute approximate surface area is 194 Å². The van der Waals surface area contributed by atoms with Crippen LogP contribution in [0.4, 0.5) is 5.69 Å². The van der Waals surface area contributed by atoms with Gasteiger partial charge >= 0.3 is 5.97 Å². The van der Waals surface area contributed by atoms with Gasteiger partial charge in [0.25, 0.3) is 0 Å². The molecule has 0 bridgehead atoms. The Bertz CT molecular complexity index is 1250. The summed E-state index contributed by atoms with van der Waals surface area (Å²) in [7, 11) is 1.30. The molecular weight excluding hydrogens is 446 g/mol. The highest BCUT2D eigenvalue weighted by molar-refractivity contribution is 8.15. The summed E-state index contributed by atoms with van der Waals surface area (Å²) in [6.45, 7) is 0. The molecule has 0 amide bonds. The Morgan fingerprint density at radius 3 is 2.31 bits per heavy atom. The van der Waals surface area contributed by atoms with Crippen LogP contribution in [0.3, 0.4) is 0 Å². The molecule has 4 aromatic rings. The molecule has 0 aliphatic carbocycles. The van der Waals surface area contributed by atoms with E-state index in [0.29, 0.717) is 21.7 Å². The van der Waals surface area contributed by atoms with Crippen LogP contribution in [0.2, 0.25) is 5.02 Å². The Morgan fingerprint density at radius 2 is 1.62 bits per heavy atom. The highest BCUT2D eigenvalue weighted by Gasteiger charge is 2.22. The normalized spacial score (nSPS) is 11.2. The molecule has 0 aliphatic rings. The van der Waals surface area contributed by atoms with Gasteiger partial charge in [-0.15, -0.1) is 10.2 Å². The number of nitrogens with one attached hydrogen (secondary N) is 1. The molecule has 160 valence electrons. The summed E-state index contributed by atoms with van der Waals surface area (Å²) in [5, 5.41) is 13.9. The van der Waals surface area contributed by atoms with Crippen LogP contribution < -0.4 is 5.43 Å². The molecule has 0 saturated carbocycles. The molecular formula is C23H18ClN5O2S. The average Bonchev–Trinajstić information content (AvgIpc) is 3.26. The van der Waals surface area contributed by atoms with Crippen molar-refractivity contribution in [3.8, 4) is 17.1 Å². The van der Waals surface area contributed by atoms with Crippen LogP contribution in [0.25, 0.3) is 17.1 Å². The molecule has 0 saturated heterocycles. The molecule has 0 radical (unpaired) electrons. The van der Waals surface area contributed by atoms with Crippen LogP contribution in [-0.4, -0.2) is 32.9 Å². The lowest BCUT2D eigenvalue weighted by molar-refractivity contribution is -0.132. The van der Waals surface area contributed by atoms with Crippen molar-refractivity contribution in [2.24, 2.45) is 5.10 Å². The van der Waals surface area contributed by atoms with Crippen molar-refractivity contribution in [2.75, 3.05) is 12.5 Å². The maximum atomic E-state index is 12.4. The molecule has 0 unspecified atom stereocenters. The third kappa shape index (κ3) is 4.82. The van der Waals surface area contributed by atoms with Crippen LogP contribution in [0, 0.1) is 0 Å². The van der Waals surface area contributed by atoms with Gasteiger partial charge in [0.1, 0.15) is 0 Å². The van der Waals surface area contributed by atoms with Gasteiger partial charge < -0.3 is 4.74 Å². The molecule has 3 aromatic carbocycles. The summed E-state index contributed by atoms with van der Waals surface area (Å²) in [5.74, 6) is 0.0287. The second kappa shape index (κ2) is 10.1. The molecule has 1 N–H and O–H groups in total. The lowest BCUT2D eigenvalue weighted by atomic mass is 10.2. The fraction of sp³-hybridized carbons (Fsp3) is 0.0435. The zero-order chi connectivity index (χ0) is 22.3. The van der Waals surface area contributed by atoms with E-state index in [4.69, 9.17) is 16.3 Å². The monoisotopic (exact) mass is 463 g/mol. The quantitative estimate of drug-likeness (QED) is 0.142. The molecule has 0 spiro atoms. The van der Waals surface area contributed by atoms with Crippen molar-refractivity contribution in [3.05, 3.63) is 90.0 Å². The van der Waals surface area contributed by atoms with Gasteiger partial charge in [-0.1, -0.05) is 72.3 Å². The zero-order valence-electron chi connectivity index (χ0n) is 17.0. The molecule has 1 heterocycles. The van der Waals surface area contributed by atoms with Crippen LogP contribution in [-0.2, 0) is 9.53 Å². The second-order valence-corrected chi connectivity index (χ2v) is 7.81. The Kier molecular flexibility index (Phi) is 6.84. The number of rotatable bonds is 5. The van der Waals surface area contributed by atoms with Crippen LogP contribution >= 0.6 is 23.4 Å². The summed E-state index contributed by atoms with van der Waals surface area (Å²) in [6, 6.07) is 26.5. The van der Waals surface area contributed by atoms with E-state index in [1.807, 2.05) is 71.3 Å². The van der Waals surface area contributed by atoms with Gasteiger partial charge in [0.2, 0.25) is 10.2 Å². The van der Waals surface area contributed by atoms with Gasteiger partial charge in [-0.25, -0.2) is 4.79 Å². The predicted octanol–water partition coefficient (Wildman–Crippen LogP) is 5.28. The molecule has 7 nitrogen and oxygen atoms in total. The van der Waals surface area contributed by atoms with E-state index in [-0.39, 0.29) is 5.04 Å². The fourth-order valence-electron chi connectivity index (χ4n) is 2.87. The molecule has 0 aliphatic heterocycles. The number of thioether (sulfide) groups is 1. The van der Waals surface area contributed by atoms with Crippen molar-refractivity contribution in [3.63, 3.8) is 0 Å². The minimum atomic E-state index is -0.613. The molecule has 32 heavy (non-hydrogen) atoms. The third-order valence-electron chi connectivity index (χ3n) is 4.38. The maximum Gasteiger partial charge on any atom is 0.365 e. The number of halogens is 1. The number of hydrazone groups is 1. The first-order valence-electron chi connectivity index (χ1n) is 9.58. The molecule has 1 aromatic heterocycles. The van der Waals surface area contributed by atoms with E-state index in [1.54, 1.807) is 18.2 Å². The molecule has 4 rings (SSSR count). The van der Waals surface area contributed by atoms with E-state index in [9.17, 15) is 4.79 Å². The Balaban J connectivity index is 1.74. The summed E-state index contributed by atoms with van der Waals surface area (Å²) in [6.07, 6.45) is 0. The lowest BCUT2D eigenvalue weighted by Crippen LogP contribution is -2.15. The number of hydrogen-bond acceptors (Lipinski definition) is 7. The van der Waals surface area contributed by atoms with Crippen LogP contribution in [0.15, 0.2) is 95.2 Å². The lowest BCUT2D eigenvalue weighted by Gasteiger charge is -2.11. The van der Waals surface area contributed by atoms with Gasteiger partial charge in [0, 0.05) is 11.3 Å². The highest BCUT2D eigenvalue weighted by atomic mass is 35.5. The molecule has 0 atom stereocenters. The number of anilines is 1. The van der Waals surface area contributed by atoms with Crippen molar-refractivity contribution in [2.45, 2.75) is 5.16 Å². The zero-order valence-corrected chi connectivity index (χ0v) is 18.5. The van der Waals surface area contributed by atoms with Crippen molar-refractivity contribution < 1.29 is 9.53 Å². The van der Waals surface area contributed by atoms with E-state index in [0.717, 1.165) is 23.0 Å². The van der Waals surface area contributed by atoms with Gasteiger partial charge in [-0.05, 0) is 36.0 Å². The first kappa shape index (κ1) is 21.6. The number of esters is 1. The predicted molar refractivity (Wildman–Crippen MR) is 127 cm³/mol.